The number of amides is 2. The molecule has 0 unspecified atom stereocenters. The molecule has 20 heavy (non-hydrogen) atoms. The van der Waals surface area contributed by atoms with Crippen LogP contribution in [0, 0.1) is 6.92 Å². The minimum atomic E-state index is -0.187. The third-order valence-electron chi connectivity index (χ3n) is 2.79. The van der Waals surface area contributed by atoms with E-state index in [1.54, 1.807) is 6.20 Å². The number of benzene rings is 1. The summed E-state index contributed by atoms with van der Waals surface area (Å²) < 4.78 is 1.03. The summed E-state index contributed by atoms with van der Waals surface area (Å²) in [7, 11) is 0. The number of carbonyl (C=O) groups is 1. The number of hydrogen-bond acceptors (Lipinski definition) is 2. The standard InChI is InChI=1S/C15H16BrN3O/c1-11-2-3-13(9-17-11)10-19-15(20)18-8-12-4-6-14(16)7-5-12/h2-7,9H,8,10H2,1H3,(H2,18,19,20). The summed E-state index contributed by atoms with van der Waals surface area (Å²) in [5.41, 5.74) is 3.00. The highest BCUT2D eigenvalue weighted by molar-refractivity contribution is 9.10. The van der Waals surface area contributed by atoms with Crippen molar-refractivity contribution < 1.29 is 4.79 Å². The van der Waals surface area contributed by atoms with Gasteiger partial charge in [0.1, 0.15) is 0 Å². The molecular weight excluding hydrogens is 318 g/mol. The van der Waals surface area contributed by atoms with Crippen LogP contribution in [0.4, 0.5) is 4.79 Å². The highest BCUT2D eigenvalue weighted by atomic mass is 79.9. The van der Waals surface area contributed by atoms with Gasteiger partial charge in [0.2, 0.25) is 0 Å². The molecule has 0 saturated heterocycles. The number of pyridine rings is 1. The molecule has 1 aromatic carbocycles. The van der Waals surface area contributed by atoms with Crippen molar-refractivity contribution in [3.05, 3.63) is 63.9 Å². The first-order valence-electron chi connectivity index (χ1n) is 6.31. The van der Waals surface area contributed by atoms with E-state index in [0.717, 1.165) is 21.3 Å². The van der Waals surface area contributed by atoms with Gasteiger partial charge in [0.15, 0.2) is 0 Å². The predicted octanol–water partition coefficient (Wildman–Crippen LogP) is 3.15. The zero-order valence-electron chi connectivity index (χ0n) is 11.2. The van der Waals surface area contributed by atoms with Crippen LogP contribution in [0.1, 0.15) is 16.8 Å². The maximum Gasteiger partial charge on any atom is 0.315 e. The van der Waals surface area contributed by atoms with Crippen LogP contribution in [0.15, 0.2) is 47.1 Å². The molecule has 0 aliphatic carbocycles. The molecular formula is C15H16BrN3O. The van der Waals surface area contributed by atoms with Crippen LogP contribution in [0.2, 0.25) is 0 Å². The Hall–Kier alpha value is -1.88. The zero-order valence-corrected chi connectivity index (χ0v) is 12.8. The number of hydrogen-bond donors (Lipinski definition) is 2. The Morgan fingerprint density at radius 3 is 2.25 bits per heavy atom. The Kier molecular flexibility index (Phi) is 5.12. The SMILES string of the molecule is Cc1ccc(CNC(=O)NCc2ccc(Br)cc2)cn1. The van der Waals surface area contributed by atoms with E-state index < -0.39 is 0 Å². The van der Waals surface area contributed by atoms with E-state index >= 15 is 0 Å². The van der Waals surface area contributed by atoms with E-state index in [0.29, 0.717) is 13.1 Å². The van der Waals surface area contributed by atoms with Gasteiger partial charge in [0.05, 0.1) is 0 Å². The van der Waals surface area contributed by atoms with Crippen molar-refractivity contribution in [3.63, 3.8) is 0 Å². The maximum atomic E-state index is 11.7. The number of rotatable bonds is 4. The summed E-state index contributed by atoms with van der Waals surface area (Å²) in [6, 6.07) is 11.5. The second-order valence-electron chi connectivity index (χ2n) is 4.47. The first-order chi connectivity index (χ1) is 9.63. The molecule has 2 amide bonds. The quantitative estimate of drug-likeness (QED) is 0.902. The Morgan fingerprint density at radius 2 is 1.65 bits per heavy atom. The topological polar surface area (TPSA) is 54.0 Å². The van der Waals surface area contributed by atoms with Crippen LogP contribution in [0.25, 0.3) is 0 Å². The molecule has 0 fully saturated rings. The van der Waals surface area contributed by atoms with Gasteiger partial charge in [0, 0.05) is 29.5 Å². The zero-order chi connectivity index (χ0) is 14.4. The first kappa shape index (κ1) is 14.5. The van der Waals surface area contributed by atoms with Gasteiger partial charge >= 0.3 is 6.03 Å². The Labute approximate surface area is 126 Å². The Bertz CT molecular complexity index is 515. The van der Waals surface area contributed by atoms with Gasteiger partial charge in [-0.2, -0.15) is 0 Å². The van der Waals surface area contributed by atoms with Crippen LogP contribution in [-0.2, 0) is 13.1 Å². The predicted molar refractivity (Wildman–Crippen MR) is 82.2 cm³/mol. The summed E-state index contributed by atoms with van der Waals surface area (Å²) in [5, 5.41) is 5.62. The molecule has 2 N–H and O–H groups in total. The third kappa shape index (κ3) is 4.66. The molecule has 1 heterocycles. The molecule has 0 radical (unpaired) electrons. The first-order valence-corrected chi connectivity index (χ1v) is 7.10. The molecule has 5 heteroatoms. The lowest BCUT2D eigenvalue weighted by molar-refractivity contribution is 0.240. The molecule has 1 aromatic heterocycles. The summed E-state index contributed by atoms with van der Waals surface area (Å²) in [6.45, 7) is 2.91. The molecule has 0 aliphatic rings. The van der Waals surface area contributed by atoms with Gasteiger partial charge in [-0.3, -0.25) is 4.98 Å². The van der Waals surface area contributed by atoms with Crippen molar-refractivity contribution in [1.82, 2.24) is 15.6 Å². The molecule has 0 spiro atoms. The monoisotopic (exact) mass is 333 g/mol. The van der Waals surface area contributed by atoms with Crippen molar-refractivity contribution in [2.75, 3.05) is 0 Å². The summed E-state index contributed by atoms with van der Waals surface area (Å²) >= 11 is 3.38. The molecule has 104 valence electrons. The molecule has 2 rings (SSSR count). The largest absolute Gasteiger partial charge is 0.334 e. The lowest BCUT2D eigenvalue weighted by Crippen LogP contribution is -2.34. The van der Waals surface area contributed by atoms with Crippen molar-refractivity contribution in [2.45, 2.75) is 20.0 Å². The van der Waals surface area contributed by atoms with Crippen molar-refractivity contribution >= 4 is 22.0 Å². The number of aromatic nitrogens is 1. The molecule has 0 bridgehead atoms. The van der Waals surface area contributed by atoms with Gasteiger partial charge in [0.25, 0.3) is 0 Å². The van der Waals surface area contributed by atoms with Crippen LogP contribution in [0.5, 0.6) is 0 Å². The van der Waals surface area contributed by atoms with E-state index in [4.69, 9.17) is 0 Å². The van der Waals surface area contributed by atoms with E-state index in [9.17, 15) is 4.79 Å². The van der Waals surface area contributed by atoms with Crippen LogP contribution < -0.4 is 10.6 Å². The summed E-state index contributed by atoms with van der Waals surface area (Å²) in [5.74, 6) is 0. The number of aryl methyl sites for hydroxylation is 1. The molecule has 4 nitrogen and oxygen atoms in total. The fourth-order valence-electron chi connectivity index (χ4n) is 1.63. The van der Waals surface area contributed by atoms with Gasteiger partial charge in [-0.05, 0) is 36.2 Å². The normalized spacial score (nSPS) is 10.1. The fraction of sp³-hybridized carbons (Fsp3) is 0.200. The number of carbonyl (C=O) groups excluding carboxylic acids is 1. The summed E-state index contributed by atoms with van der Waals surface area (Å²) in [4.78, 5) is 15.9. The van der Waals surface area contributed by atoms with E-state index in [1.807, 2.05) is 43.3 Å². The minimum absolute atomic E-state index is 0.187. The van der Waals surface area contributed by atoms with Crippen molar-refractivity contribution in [1.29, 1.82) is 0 Å². The van der Waals surface area contributed by atoms with E-state index in [1.165, 1.54) is 0 Å². The number of nitrogens with zero attached hydrogens (tertiary/aromatic N) is 1. The van der Waals surface area contributed by atoms with Gasteiger partial charge < -0.3 is 10.6 Å². The van der Waals surface area contributed by atoms with Crippen LogP contribution in [0.3, 0.4) is 0 Å². The van der Waals surface area contributed by atoms with E-state index in [2.05, 4.69) is 31.5 Å². The number of urea groups is 1. The second-order valence-corrected chi connectivity index (χ2v) is 5.39. The van der Waals surface area contributed by atoms with Crippen molar-refractivity contribution in [3.8, 4) is 0 Å². The highest BCUT2D eigenvalue weighted by Crippen LogP contribution is 2.10. The molecule has 0 aliphatic heterocycles. The van der Waals surface area contributed by atoms with Gasteiger partial charge in [-0.25, -0.2) is 4.79 Å². The Morgan fingerprint density at radius 1 is 1.05 bits per heavy atom. The van der Waals surface area contributed by atoms with Gasteiger partial charge in [-0.15, -0.1) is 0 Å². The number of halogens is 1. The maximum absolute atomic E-state index is 11.7. The Balaban J connectivity index is 1.75. The smallest absolute Gasteiger partial charge is 0.315 e. The van der Waals surface area contributed by atoms with E-state index in [-0.39, 0.29) is 6.03 Å². The lowest BCUT2D eigenvalue weighted by atomic mass is 10.2. The molecule has 0 atom stereocenters. The molecule has 0 saturated carbocycles. The average Bonchev–Trinajstić information content (AvgIpc) is 2.46. The molecule has 2 aromatic rings. The minimum Gasteiger partial charge on any atom is -0.334 e. The average molecular weight is 334 g/mol. The van der Waals surface area contributed by atoms with Crippen molar-refractivity contribution in [2.24, 2.45) is 0 Å². The fourth-order valence-corrected chi connectivity index (χ4v) is 1.90. The van der Waals surface area contributed by atoms with Crippen LogP contribution >= 0.6 is 15.9 Å². The second kappa shape index (κ2) is 7.05. The summed E-state index contributed by atoms with van der Waals surface area (Å²) in [6.07, 6.45) is 1.77. The highest BCUT2D eigenvalue weighted by Gasteiger charge is 2.01. The van der Waals surface area contributed by atoms with Crippen LogP contribution in [-0.4, -0.2) is 11.0 Å². The lowest BCUT2D eigenvalue weighted by Gasteiger charge is -2.08. The number of nitrogens with one attached hydrogen (secondary N) is 2. The van der Waals surface area contributed by atoms with Gasteiger partial charge in [-0.1, -0.05) is 34.1 Å². The third-order valence-corrected chi connectivity index (χ3v) is 3.32.